The number of aliphatic hydroxyl groups excluding tert-OH is 1. The lowest BCUT2D eigenvalue weighted by molar-refractivity contribution is -0.0509. The van der Waals surface area contributed by atoms with Gasteiger partial charge in [0.25, 0.3) is 0 Å². The standard InChI is InChI=1S/C25H30O6/c1-16(5-15-23(29)25(2,3)31)4-11-19-22(28)14-12-20(24(19)30)21(27)13-8-17-6-9-18(26)10-7-17/h4,6-10,12-14,23,26,28-31H,5,11,15H2,1-3H3. The highest BCUT2D eigenvalue weighted by molar-refractivity contribution is 6.09. The third kappa shape index (κ3) is 6.98. The Morgan fingerprint density at radius 2 is 1.71 bits per heavy atom. The minimum atomic E-state index is -1.18. The number of aromatic hydroxyl groups is 3. The third-order valence-electron chi connectivity index (χ3n) is 5.13. The number of phenolic OH excluding ortho intramolecular Hbond substituents is 3. The first kappa shape index (κ1) is 24.2. The first-order valence-electron chi connectivity index (χ1n) is 10.1. The van der Waals surface area contributed by atoms with Gasteiger partial charge in [0.15, 0.2) is 5.78 Å². The number of rotatable bonds is 9. The Balaban J connectivity index is 2.12. The van der Waals surface area contributed by atoms with E-state index in [1.54, 1.807) is 32.1 Å². The Morgan fingerprint density at radius 1 is 1.06 bits per heavy atom. The van der Waals surface area contributed by atoms with Crippen LogP contribution in [0.25, 0.3) is 6.08 Å². The Hall–Kier alpha value is -3.09. The second-order valence-corrected chi connectivity index (χ2v) is 8.21. The molecule has 0 spiro atoms. The van der Waals surface area contributed by atoms with Gasteiger partial charge in [-0.15, -0.1) is 0 Å². The van der Waals surface area contributed by atoms with Gasteiger partial charge in [0, 0.05) is 5.56 Å². The molecule has 2 rings (SSSR count). The van der Waals surface area contributed by atoms with Crippen molar-refractivity contribution >= 4 is 11.9 Å². The average Bonchev–Trinajstić information content (AvgIpc) is 2.70. The van der Waals surface area contributed by atoms with Gasteiger partial charge >= 0.3 is 0 Å². The summed E-state index contributed by atoms with van der Waals surface area (Å²) >= 11 is 0. The van der Waals surface area contributed by atoms with Gasteiger partial charge in [-0.05, 0) is 75.9 Å². The molecule has 6 nitrogen and oxygen atoms in total. The normalized spacial score (nSPS) is 13.5. The summed E-state index contributed by atoms with van der Waals surface area (Å²) in [6, 6.07) is 9.07. The highest BCUT2D eigenvalue weighted by atomic mass is 16.3. The number of benzene rings is 2. The number of hydrogen-bond acceptors (Lipinski definition) is 6. The van der Waals surface area contributed by atoms with Crippen molar-refractivity contribution in [2.45, 2.75) is 51.7 Å². The minimum Gasteiger partial charge on any atom is -0.508 e. The molecule has 0 radical (unpaired) electrons. The SMILES string of the molecule is CC(=CCc1c(O)ccc(C(=O)C=Cc2ccc(O)cc2)c1O)CCC(O)C(C)(C)O. The molecule has 1 unspecified atom stereocenters. The monoisotopic (exact) mass is 426 g/mol. The molecule has 166 valence electrons. The molecular weight excluding hydrogens is 396 g/mol. The van der Waals surface area contributed by atoms with Crippen molar-refractivity contribution in [1.82, 2.24) is 0 Å². The van der Waals surface area contributed by atoms with E-state index in [9.17, 15) is 30.3 Å². The van der Waals surface area contributed by atoms with Gasteiger partial charge in [0.05, 0.1) is 17.3 Å². The highest BCUT2D eigenvalue weighted by Gasteiger charge is 2.23. The van der Waals surface area contributed by atoms with E-state index in [-0.39, 0.29) is 34.8 Å². The Morgan fingerprint density at radius 3 is 2.32 bits per heavy atom. The number of hydrogen-bond donors (Lipinski definition) is 5. The first-order valence-corrected chi connectivity index (χ1v) is 10.1. The van der Waals surface area contributed by atoms with Gasteiger partial charge in [-0.25, -0.2) is 0 Å². The fraction of sp³-hybridized carbons (Fsp3) is 0.320. The molecular formula is C25H30O6. The molecule has 0 amide bonds. The molecule has 0 aliphatic carbocycles. The molecule has 5 N–H and O–H groups in total. The molecule has 0 saturated carbocycles. The lowest BCUT2D eigenvalue weighted by Crippen LogP contribution is -2.35. The van der Waals surface area contributed by atoms with Crippen LogP contribution in [0.4, 0.5) is 0 Å². The van der Waals surface area contributed by atoms with Crippen molar-refractivity contribution in [3.05, 3.63) is 70.8 Å². The molecule has 0 bridgehead atoms. The summed E-state index contributed by atoms with van der Waals surface area (Å²) in [7, 11) is 0. The summed E-state index contributed by atoms with van der Waals surface area (Å²) in [5.41, 5.74) is 0.777. The predicted molar refractivity (Wildman–Crippen MR) is 120 cm³/mol. The molecule has 2 aromatic rings. The van der Waals surface area contributed by atoms with Crippen LogP contribution in [0.15, 0.2) is 54.1 Å². The molecule has 0 heterocycles. The lowest BCUT2D eigenvalue weighted by atomic mass is 9.95. The van der Waals surface area contributed by atoms with E-state index in [4.69, 9.17) is 0 Å². The molecule has 0 saturated heterocycles. The zero-order chi connectivity index (χ0) is 23.2. The van der Waals surface area contributed by atoms with Crippen molar-refractivity contribution in [3.8, 4) is 17.2 Å². The Bertz CT molecular complexity index is 965. The van der Waals surface area contributed by atoms with Crippen LogP contribution in [-0.2, 0) is 6.42 Å². The van der Waals surface area contributed by atoms with E-state index >= 15 is 0 Å². The predicted octanol–water partition coefficient (Wildman–Crippen LogP) is 4.10. The number of ketones is 1. The van der Waals surface area contributed by atoms with Crippen LogP contribution in [0.1, 0.15) is 55.1 Å². The summed E-state index contributed by atoms with van der Waals surface area (Å²) in [4.78, 5) is 12.5. The first-order chi connectivity index (χ1) is 14.5. The molecule has 6 heteroatoms. The number of carbonyl (C=O) groups excluding carboxylic acids is 1. The molecule has 1 atom stereocenters. The lowest BCUT2D eigenvalue weighted by Gasteiger charge is -2.24. The number of phenols is 3. The highest BCUT2D eigenvalue weighted by Crippen LogP contribution is 2.32. The average molecular weight is 427 g/mol. The summed E-state index contributed by atoms with van der Waals surface area (Å²) in [6.45, 7) is 4.96. The smallest absolute Gasteiger partial charge is 0.189 e. The van der Waals surface area contributed by atoms with Gasteiger partial charge in [0.1, 0.15) is 17.2 Å². The van der Waals surface area contributed by atoms with Crippen LogP contribution in [0.5, 0.6) is 17.2 Å². The Labute approximate surface area is 182 Å². The van der Waals surface area contributed by atoms with Gasteiger partial charge in [0.2, 0.25) is 0 Å². The van der Waals surface area contributed by atoms with Crippen molar-refractivity contribution in [2.75, 3.05) is 0 Å². The van der Waals surface area contributed by atoms with Crippen LogP contribution < -0.4 is 0 Å². The second-order valence-electron chi connectivity index (χ2n) is 8.21. The van der Waals surface area contributed by atoms with Crippen LogP contribution in [0.3, 0.4) is 0 Å². The summed E-state index contributed by atoms with van der Waals surface area (Å²) in [5, 5.41) is 49.8. The second kappa shape index (κ2) is 10.3. The van der Waals surface area contributed by atoms with E-state index in [1.165, 1.54) is 30.3 Å². The summed E-state index contributed by atoms with van der Waals surface area (Å²) in [6.07, 6.45) is 4.98. The van der Waals surface area contributed by atoms with Crippen molar-refractivity contribution in [3.63, 3.8) is 0 Å². The van der Waals surface area contributed by atoms with E-state index in [0.717, 1.165) is 11.1 Å². The molecule has 0 aliphatic heterocycles. The Kier molecular flexibility index (Phi) is 8.02. The maximum atomic E-state index is 12.5. The quantitative estimate of drug-likeness (QED) is 0.234. The minimum absolute atomic E-state index is 0.0753. The van der Waals surface area contributed by atoms with E-state index < -0.39 is 17.5 Å². The van der Waals surface area contributed by atoms with Crippen LogP contribution in [-0.4, -0.2) is 43.0 Å². The maximum absolute atomic E-state index is 12.5. The fourth-order valence-electron chi connectivity index (χ4n) is 2.97. The number of carbonyl (C=O) groups is 1. The molecule has 0 fully saturated rings. The van der Waals surface area contributed by atoms with Crippen LogP contribution >= 0.6 is 0 Å². The zero-order valence-corrected chi connectivity index (χ0v) is 18.0. The third-order valence-corrected chi connectivity index (χ3v) is 5.13. The molecule has 2 aromatic carbocycles. The van der Waals surface area contributed by atoms with E-state index in [1.807, 2.05) is 13.0 Å². The summed E-state index contributed by atoms with van der Waals surface area (Å²) < 4.78 is 0. The molecule has 0 aromatic heterocycles. The van der Waals surface area contributed by atoms with Crippen molar-refractivity contribution in [1.29, 1.82) is 0 Å². The van der Waals surface area contributed by atoms with Gasteiger partial charge in [-0.3, -0.25) is 4.79 Å². The number of aliphatic hydroxyl groups is 2. The van der Waals surface area contributed by atoms with E-state index in [2.05, 4.69) is 0 Å². The largest absolute Gasteiger partial charge is 0.508 e. The summed E-state index contributed by atoms with van der Waals surface area (Å²) in [5.74, 6) is -0.680. The number of allylic oxidation sites excluding steroid dienone is 3. The topological polar surface area (TPSA) is 118 Å². The zero-order valence-electron chi connectivity index (χ0n) is 18.0. The van der Waals surface area contributed by atoms with Gasteiger partial charge in [-0.1, -0.05) is 29.9 Å². The van der Waals surface area contributed by atoms with Crippen LogP contribution in [0, 0.1) is 0 Å². The molecule has 0 aliphatic rings. The van der Waals surface area contributed by atoms with Gasteiger partial charge in [-0.2, -0.15) is 0 Å². The molecule has 31 heavy (non-hydrogen) atoms. The van der Waals surface area contributed by atoms with Crippen molar-refractivity contribution < 1.29 is 30.3 Å². The fourth-order valence-corrected chi connectivity index (χ4v) is 2.97. The van der Waals surface area contributed by atoms with E-state index in [0.29, 0.717) is 12.8 Å². The van der Waals surface area contributed by atoms with Crippen LogP contribution in [0.2, 0.25) is 0 Å². The van der Waals surface area contributed by atoms with Gasteiger partial charge < -0.3 is 25.5 Å². The van der Waals surface area contributed by atoms with Crippen molar-refractivity contribution in [2.24, 2.45) is 0 Å². The maximum Gasteiger partial charge on any atom is 0.189 e.